The number of halogens is 3. The van der Waals surface area contributed by atoms with Gasteiger partial charge in [0, 0.05) is 6.92 Å². The Labute approximate surface area is 117 Å². The number of hydrogen-bond acceptors (Lipinski definition) is 5. The molecule has 0 saturated carbocycles. The Balaban J connectivity index is 3.26. The van der Waals surface area contributed by atoms with E-state index < -0.39 is 45.9 Å². The monoisotopic (exact) mass is 303 g/mol. The van der Waals surface area contributed by atoms with Gasteiger partial charge in [0.25, 0.3) is 0 Å². The summed E-state index contributed by atoms with van der Waals surface area (Å²) in [7, 11) is 0. The van der Waals surface area contributed by atoms with E-state index in [1.807, 2.05) is 0 Å². The summed E-state index contributed by atoms with van der Waals surface area (Å²) in [6.07, 6.45) is -4.69. The SMILES string of the molecule is CC(=O)C(=O)C(C)(N)C(=O)c1ccc(C(F)(F)F)cc1O. The van der Waals surface area contributed by atoms with E-state index in [2.05, 4.69) is 0 Å². The van der Waals surface area contributed by atoms with E-state index in [1.165, 1.54) is 0 Å². The number of alkyl halides is 3. The molecule has 0 amide bonds. The molecule has 114 valence electrons. The number of ketones is 3. The molecule has 3 N–H and O–H groups in total. The number of aromatic hydroxyl groups is 1. The molecule has 0 aliphatic heterocycles. The van der Waals surface area contributed by atoms with Gasteiger partial charge in [-0.3, -0.25) is 14.4 Å². The van der Waals surface area contributed by atoms with E-state index in [-0.39, 0.29) is 0 Å². The largest absolute Gasteiger partial charge is 0.507 e. The average molecular weight is 303 g/mol. The quantitative estimate of drug-likeness (QED) is 0.498. The fourth-order valence-electron chi connectivity index (χ4n) is 1.65. The standard InChI is InChI=1S/C13H12F3NO4/c1-6(18)10(20)12(2,17)11(21)8-4-3-7(5-9(8)19)13(14,15)16/h3-5,19H,17H2,1-2H3. The Morgan fingerprint density at radius 2 is 1.71 bits per heavy atom. The van der Waals surface area contributed by atoms with Gasteiger partial charge in [-0.05, 0) is 25.1 Å². The minimum atomic E-state index is -4.69. The first-order valence-corrected chi connectivity index (χ1v) is 5.68. The molecule has 1 unspecified atom stereocenters. The summed E-state index contributed by atoms with van der Waals surface area (Å²) in [5, 5.41) is 9.54. The molecular formula is C13H12F3NO4. The molecule has 0 aliphatic rings. The second kappa shape index (κ2) is 5.28. The molecule has 0 aliphatic carbocycles. The predicted molar refractivity (Wildman–Crippen MR) is 65.7 cm³/mol. The molecule has 0 fully saturated rings. The molecule has 1 rings (SSSR count). The van der Waals surface area contributed by atoms with Crippen LogP contribution in [0.25, 0.3) is 0 Å². The van der Waals surface area contributed by atoms with Gasteiger partial charge < -0.3 is 10.8 Å². The van der Waals surface area contributed by atoms with Gasteiger partial charge in [0.05, 0.1) is 11.1 Å². The zero-order valence-corrected chi connectivity index (χ0v) is 11.1. The lowest BCUT2D eigenvalue weighted by Crippen LogP contribution is -2.54. The molecule has 0 spiro atoms. The molecule has 0 heterocycles. The highest BCUT2D eigenvalue weighted by atomic mass is 19.4. The molecule has 21 heavy (non-hydrogen) atoms. The molecule has 5 nitrogen and oxygen atoms in total. The van der Waals surface area contributed by atoms with Crippen LogP contribution in [0.3, 0.4) is 0 Å². The van der Waals surface area contributed by atoms with Crippen molar-refractivity contribution in [1.82, 2.24) is 0 Å². The summed E-state index contributed by atoms with van der Waals surface area (Å²) >= 11 is 0. The highest BCUT2D eigenvalue weighted by Gasteiger charge is 2.41. The van der Waals surface area contributed by atoms with E-state index in [1.54, 1.807) is 0 Å². The Hall–Kier alpha value is -2.22. The minimum absolute atomic E-state index is 0.349. The van der Waals surface area contributed by atoms with Gasteiger partial charge >= 0.3 is 6.18 Å². The van der Waals surface area contributed by atoms with Gasteiger partial charge in [-0.2, -0.15) is 13.2 Å². The molecule has 1 aromatic carbocycles. The van der Waals surface area contributed by atoms with Crippen molar-refractivity contribution in [3.05, 3.63) is 29.3 Å². The summed E-state index contributed by atoms with van der Waals surface area (Å²) < 4.78 is 37.3. The Morgan fingerprint density at radius 1 is 1.19 bits per heavy atom. The third kappa shape index (κ3) is 3.27. The molecule has 0 aromatic heterocycles. The zero-order chi connectivity index (χ0) is 16.6. The topological polar surface area (TPSA) is 97.5 Å². The van der Waals surface area contributed by atoms with Crippen molar-refractivity contribution < 1.29 is 32.7 Å². The third-order valence-electron chi connectivity index (χ3n) is 2.83. The number of benzene rings is 1. The lowest BCUT2D eigenvalue weighted by atomic mass is 9.86. The van der Waals surface area contributed by atoms with E-state index >= 15 is 0 Å². The van der Waals surface area contributed by atoms with Crippen LogP contribution in [0, 0.1) is 0 Å². The summed E-state index contributed by atoms with van der Waals surface area (Å²) in [6.45, 7) is 1.86. The van der Waals surface area contributed by atoms with Crippen molar-refractivity contribution >= 4 is 17.3 Å². The van der Waals surface area contributed by atoms with Crippen LogP contribution in [0.2, 0.25) is 0 Å². The van der Waals surface area contributed by atoms with Crippen LogP contribution >= 0.6 is 0 Å². The smallest absolute Gasteiger partial charge is 0.416 e. The first-order chi connectivity index (χ1) is 9.39. The van der Waals surface area contributed by atoms with Crippen LogP contribution in [0.15, 0.2) is 18.2 Å². The van der Waals surface area contributed by atoms with Crippen molar-refractivity contribution in [1.29, 1.82) is 0 Å². The lowest BCUT2D eigenvalue weighted by molar-refractivity contribution is -0.137. The van der Waals surface area contributed by atoms with Crippen LogP contribution in [0.4, 0.5) is 13.2 Å². The number of phenols is 1. The first-order valence-electron chi connectivity index (χ1n) is 5.68. The minimum Gasteiger partial charge on any atom is -0.507 e. The second-order valence-electron chi connectivity index (χ2n) is 4.65. The van der Waals surface area contributed by atoms with Gasteiger partial charge in [0.1, 0.15) is 11.3 Å². The van der Waals surface area contributed by atoms with Crippen LogP contribution in [-0.2, 0) is 15.8 Å². The molecule has 1 atom stereocenters. The summed E-state index contributed by atoms with van der Waals surface area (Å²) in [6, 6.07) is 1.63. The maximum Gasteiger partial charge on any atom is 0.416 e. The van der Waals surface area contributed by atoms with Gasteiger partial charge in [-0.15, -0.1) is 0 Å². The summed E-state index contributed by atoms with van der Waals surface area (Å²) in [4.78, 5) is 34.6. The van der Waals surface area contributed by atoms with Crippen molar-refractivity contribution in [2.24, 2.45) is 5.73 Å². The predicted octanol–water partition coefficient (Wildman–Crippen LogP) is 1.47. The molecule has 8 heteroatoms. The number of rotatable bonds is 4. The number of nitrogens with two attached hydrogens (primary N) is 1. The van der Waals surface area contributed by atoms with E-state index in [4.69, 9.17) is 5.73 Å². The van der Waals surface area contributed by atoms with Crippen LogP contribution in [0.5, 0.6) is 5.75 Å². The van der Waals surface area contributed by atoms with Gasteiger partial charge in [0.15, 0.2) is 11.6 Å². The Morgan fingerprint density at radius 3 is 2.10 bits per heavy atom. The molecule has 0 saturated heterocycles. The third-order valence-corrected chi connectivity index (χ3v) is 2.83. The molecule has 0 radical (unpaired) electrons. The van der Waals surface area contributed by atoms with Crippen molar-refractivity contribution in [2.45, 2.75) is 25.6 Å². The fourth-order valence-corrected chi connectivity index (χ4v) is 1.65. The van der Waals surface area contributed by atoms with E-state index in [0.717, 1.165) is 13.8 Å². The lowest BCUT2D eigenvalue weighted by Gasteiger charge is -2.20. The van der Waals surface area contributed by atoms with Crippen molar-refractivity contribution in [2.75, 3.05) is 0 Å². The molecule has 1 aromatic rings. The zero-order valence-electron chi connectivity index (χ0n) is 11.1. The fraction of sp³-hybridized carbons (Fsp3) is 0.308. The summed E-state index contributed by atoms with van der Waals surface area (Å²) in [5.74, 6) is -4.29. The first kappa shape index (κ1) is 16.8. The second-order valence-corrected chi connectivity index (χ2v) is 4.65. The van der Waals surface area contributed by atoms with Crippen molar-refractivity contribution in [3.8, 4) is 5.75 Å². The van der Waals surface area contributed by atoms with E-state index in [9.17, 15) is 32.7 Å². The number of phenolic OH excluding ortho intramolecular Hbond substituents is 1. The Bertz CT molecular complexity index is 620. The number of carbonyl (C=O) groups is 3. The van der Waals surface area contributed by atoms with Crippen molar-refractivity contribution in [3.63, 3.8) is 0 Å². The van der Waals surface area contributed by atoms with Gasteiger partial charge in [-0.25, -0.2) is 0 Å². The molecular weight excluding hydrogens is 291 g/mol. The highest BCUT2D eigenvalue weighted by Crippen LogP contribution is 2.33. The highest BCUT2D eigenvalue weighted by molar-refractivity contribution is 6.45. The van der Waals surface area contributed by atoms with Gasteiger partial charge in [0.2, 0.25) is 5.78 Å². The maximum absolute atomic E-state index is 12.4. The summed E-state index contributed by atoms with van der Waals surface area (Å²) in [5.41, 5.74) is 1.49. The number of carbonyl (C=O) groups excluding carboxylic acids is 3. The van der Waals surface area contributed by atoms with Crippen LogP contribution in [0.1, 0.15) is 29.8 Å². The maximum atomic E-state index is 12.4. The van der Waals surface area contributed by atoms with Gasteiger partial charge in [-0.1, -0.05) is 0 Å². The van der Waals surface area contributed by atoms with Crippen LogP contribution in [-0.4, -0.2) is 28.0 Å². The Kier molecular flexibility index (Phi) is 4.24. The number of Topliss-reactive ketones (excluding diaryl/α,β-unsaturated/α-hetero) is 3. The van der Waals surface area contributed by atoms with E-state index in [0.29, 0.717) is 18.2 Å². The normalized spacial score (nSPS) is 14.4. The van der Waals surface area contributed by atoms with Crippen LogP contribution < -0.4 is 5.73 Å². The average Bonchev–Trinajstić information content (AvgIpc) is 2.35. The number of hydrogen-bond donors (Lipinski definition) is 2. The molecule has 0 bridgehead atoms.